The minimum absolute atomic E-state index is 0.677. The van der Waals surface area contributed by atoms with E-state index in [0.717, 1.165) is 16.7 Å². The zero-order valence-electron chi connectivity index (χ0n) is 9.02. The van der Waals surface area contributed by atoms with Crippen LogP contribution in [-0.2, 0) is 0 Å². The molecule has 2 aromatic rings. The lowest BCUT2D eigenvalue weighted by atomic mass is 10.2. The summed E-state index contributed by atoms with van der Waals surface area (Å²) >= 11 is 2.33. The molecule has 16 heavy (non-hydrogen) atoms. The molecule has 1 aromatic carbocycles. The molecule has 1 aliphatic carbocycles. The molecule has 3 rings (SSSR count). The Hall–Kier alpha value is -0.910. The van der Waals surface area contributed by atoms with Gasteiger partial charge in [0.2, 0.25) is 0 Å². The second kappa shape index (κ2) is 3.84. The first kappa shape index (κ1) is 10.3. The average Bonchev–Trinajstić information content (AvgIpc) is 3.11. The summed E-state index contributed by atoms with van der Waals surface area (Å²) in [5.41, 5.74) is 1.03. The Kier molecular flexibility index (Phi) is 2.46. The van der Waals surface area contributed by atoms with Crippen molar-refractivity contribution in [1.82, 2.24) is 9.97 Å². The smallest absolute Gasteiger partial charge is 0.139 e. The molecule has 0 bridgehead atoms. The predicted molar refractivity (Wildman–Crippen MR) is 73.7 cm³/mol. The summed E-state index contributed by atoms with van der Waals surface area (Å²) in [4.78, 5) is 11.0. The van der Waals surface area contributed by atoms with Crippen LogP contribution in [0.4, 0.5) is 5.82 Å². The summed E-state index contributed by atoms with van der Waals surface area (Å²) in [7, 11) is 2.12. The van der Waals surface area contributed by atoms with E-state index in [0.29, 0.717) is 6.04 Å². The topological polar surface area (TPSA) is 29.0 Å². The average molecular weight is 325 g/mol. The van der Waals surface area contributed by atoms with Gasteiger partial charge in [0, 0.05) is 22.0 Å². The van der Waals surface area contributed by atoms with Gasteiger partial charge in [-0.05, 0) is 53.6 Å². The van der Waals surface area contributed by atoms with Crippen molar-refractivity contribution < 1.29 is 0 Å². The number of hydrogen-bond donors (Lipinski definition) is 0. The Morgan fingerprint density at radius 1 is 1.31 bits per heavy atom. The SMILES string of the molecule is CN(c1ncnc2ccc(I)cc12)C1CC1. The molecule has 0 saturated heterocycles. The fourth-order valence-electron chi connectivity index (χ4n) is 1.93. The highest BCUT2D eigenvalue weighted by Crippen LogP contribution is 2.32. The lowest BCUT2D eigenvalue weighted by Gasteiger charge is -2.18. The van der Waals surface area contributed by atoms with Gasteiger partial charge in [0.25, 0.3) is 0 Å². The normalized spacial score (nSPS) is 15.4. The second-order valence-electron chi connectivity index (χ2n) is 4.20. The molecule has 0 atom stereocenters. The van der Waals surface area contributed by atoms with Gasteiger partial charge in [0.1, 0.15) is 12.1 Å². The van der Waals surface area contributed by atoms with E-state index < -0.39 is 0 Å². The standard InChI is InChI=1S/C12H12IN3/c1-16(9-3-4-9)12-10-6-8(13)2-5-11(10)14-7-15-12/h2,5-7,9H,3-4H2,1H3. The van der Waals surface area contributed by atoms with E-state index in [-0.39, 0.29) is 0 Å². The number of rotatable bonds is 2. The highest BCUT2D eigenvalue weighted by molar-refractivity contribution is 14.1. The van der Waals surface area contributed by atoms with Gasteiger partial charge in [-0.15, -0.1) is 0 Å². The number of aromatic nitrogens is 2. The van der Waals surface area contributed by atoms with Crippen LogP contribution < -0.4 is 4.90 Å². The molecule has 0 aliphatic heterocycles. The maximum Gasteiger partial charge on any atom is 0.139 e. The minimum Gasteiger partial charge on any atom is -0.356 e. The van der Waals surface area contributed by atoms with E-state index >= 15 is 0 Å². The van der Waals surface area contributed by atoms with Crippen LogP contribution >= 0.6 is 22.6 Å². The van der Waals surface area contributed by atoms with E-state index in [1.807, 2.05) is 0 Å². The lowest BCUT2D eigenvalue weighted by molar-refractivity contribution is 0.894. The van der Waals surface area contributed by atoms with Crippen LogP contribution in [0.1, 0.15) is 12.8 Å². The van der Waals surface area contributed by atoms with E-state index in [2.05, 4.69) is 62.7 Å². The Morgan fingerprint density at radius 2 is 2.12 bits per heavy atom. The largest absolute Gasteiger partial charge is 0.356 e. The first-order valence-corrected chi connectivity index (χ1v) is 6.46. The summed E-state index contributed by atoms with van der Waals surface area (Å²) < 4.78 is 1.23. The molecular weight excluding hydrogens is 313 g/mol. The third kappa shape index (κ3) is 1.75. The molecule has 0 amide bonds. The Morgan fingerprint density at radius 3 is 2.88 bits per heavy atom. The summed E-state index contributed by atoms with van der Waals surface area (Å²) in [6.45, 7) is 0. The van der Waals surface area contributed by atoms with E-state index in [9.17, 15) is 0 Å². The maximum absolute atomic E-state index is 4.42. The van der Waals surface area contributed by atoms with Crippen LogP contribution in [0.15, 0.2) is 24.5 Å². The summed E-state index contributed by atoms with van der Waals surface area (Å²) in [6.07, 6.45) is 4.22. The molecule has 0 N–H and O–H groups in total. The third-order valence-corrected chi connectivity index (χ3v) is 3.68. The van der Waals surface area contributed by atoms with Crippen LogP contribution in [0.3, 0.4) is 0 Å². The Bertz CT molecular complexity index is 537. The van der Waals surface area contributed by atoms with Gasteiger partial charge in [0.05, 0.1) is 5.52 Å². The van der Waals surface area contributed by atoms with Gasteiger partial charge in [-0.1, -0.05) is 0 Å². The molecule has 0 spiro atoms. The van der Waals surface area contributed by atoms with Crippen molar-refractivity contribution in [2.45, 2.75) is 18.9 Å². The predicted octanol–water partition coefficient (Wildman–Crippen LogP) is 2.83. The van der Waals surface area contributed by atoms with E-state index in [4.69, 9.17) is 0 Å². The zero-order valence-corrected chi connectivity index (χ0v) is 11.2. The lowest BCUT2D eigenvalue weighted by Crippen LogP contribution is -2.21. The molecule has 1 aromatic heterocycles. The third-order valence-electron chi connectivity index (χ3n) is 3.01. The van der Waals surface area contributed by atoms with Crippen molar-refractivity contribution in [3.63, 3.8) is 0 Å². The second-order valence-corrected chi connectivity index (χ2v) is 5.45. The van der Waals surface area contributed by atoms with Crippen molar-refractivity contribution in [1.29, 1.82) is 0 Å². The summed E-state index contributed by atoms with van der Waals surface area (Å²) in [5.74, 6) is 1.06. The molecule has 82 valence electrons. The van der Waals surface area contributed by atoms with Crippen molar-refractivity contribution in [3.05, 3.63) is 28.1 Å². The molecule has 1 aliphatic rings. The molecule has 1 saturated carbocycles. The molecule has 1 heterocycles. The first-order chi connectivity index (χ1) is 7.75. The van der Waals surface area contributed by atoms with Crippen LogP contribution in [-0.4, -0.2) is 23.1 Å². The molecule has 0 radical (unpaired) electrons. The molecular formula is C12H12IN3. The van der Waals surface area contributed by atoms with Crippen molar-refractivity contribution >= 4 is 39.3 Å². The van der Waals surface area contributed by atoms with Crippen molar-refractivity contribution in [3.8, 4) is 0 Å². The molecule has 4 heteroatoms. The molecule has 1 fully saturated rings. The van der Waals surface area contributed by atoms with Gasteiger partial charge in [-0.2, -0.15) is 0 Å². The number of nitrogens with zero attached hydrogens (tertiary/aromatic N) is 3. The molecule has 3 nitrogen and oxygen atoms in total. The number of benzene rings is 1. The van der Waals surface area contributed by atoms with E-state index in [1.165, 1.54) is 16.4 Å². The van der Waals surface area contributed by atoms with Crippen LogP contribution in [0, 0.1) is 3.57 Å². The van der Waals surface area contributed by atoms with Gasteiger partial charge in [-0.25, -0.2) is 9.97 Å². The van der Waals surface area contributed by atoms with Gasteiger partial charge in [-0.3, -0.25) is 0 Å². The van der Waals surface area contributed by atoms with Crippen LogP contribution in [0.5, 0.6) is 0 Å². The minimum atomic E-state index is 0.677. The highest BCUT2D eigenvalue weighted by atomic mass is 127. The van der Waals surface area contributed by atoms with Gasteiger partial charge < -0.3 is 4.90 Å². The van der Waals surface area contributed by atoms with Crippen LogP contribution in [0.2, 0.25) is 0 Å². The van der Waals surface area contributed by atoms with Crippen molar-refractivity contribution in [2.24, 2.45) is 0 Å². The highest BCUT2D eigenvalue weighted by Gasteiger charge is 2.28. The molecule has 0 unspecified atom stereocenters. The number of hydrogen-bond acceptors (Lipinski definition) is 3. The van der Waals surface area contributed by atoms with Gasteiger partial charge in [0.15, 0.2) is 0 Å². The number of anilines is 1. The van der Waals surface area contributed by atoms with Gasteiger partial charge >= 0.3 is 0 Å². The van der Waals surface area contributed by atoms with E-state index in [1.54, 1.807) is 6.33 Å². The van der Waals surface area contributed by atoms with Crippen LogP contribution in [0.25, 0.3) is 10.9 Å². The summed E-state index contributed by atoms with van der Waals surface area (Å²) in [5, 5.41) is 1.16. The number of fused-ring (bicyclic) bond motifs is 1. The maximum atomic E-state index is 4.42. The quantitative estimate of drug-likeness (QED) is 0.795. The van der Waals surface area contributed by atoms with Crippen molar-refractivity contribution in [2.75, 3.05) is 11.9 Å². The Balaban J connectivity index is 2.18. The Labute approximate surface area is 108 Å². The number of halogens is 1. The zero-order chi connectivity index (χ0) is 11.1. The fourth-order valence-corrected chi connectivity index (χ4v) is 2.42. The monoisotopic (exact) mass is 325 g/mol. The first-order valence-electron chi connectivity index (χ1n) is 5.39. The summed E-state index contributed by atoms with van der Waals surface area (Å²) in [6, 6.07) is 6.97. The fraction of sp³-hybridized carbons (Fsp3) is 0.333.